The number of ether oxygens (including phenoxy) is 2. The van der Waals surface area contributed by atoms with E-state index in [4.69, 9.17) is 9.47 Å². The zero-order valence-electron chi connectivity index (χ0n) is 10.6. The molecule has 19 heavy (non-hydrogen) atoms. The van der Waals surface area contributed by atoms with Crippen molar-refractivity contribution in [2.24, 2.45) is 0 Å². The van der Waals surface area contributed by atoms with E-state index in [0.717, 1.165) is 4.90 Å². The molecule has 1 aromatic carbocycles. The van der Waals surface area contributed by atoms with Crippen molar-refractivity contribution in [2.45, 2.75) is 5.72 Å². The number of hydrogen-bond donors (Lipinski definition) is 2. The van der Waals surface area contributed by atoms with Crippen molar-refractivity contribution in [1.82, 2.24) is 4.90 Å². The number of aliphatic hydroxyl groups is 1. The normalized spacial score (nSPS) is 21.3. The molecule has 0 saturated carbocycles. The van der Waals surface area contributed by atoms with Gasteiger partial charge >= 0.3 is 5.97 Å². The number of hydrogen-bond acceptors (Lipinski definition) is 5. The first-order valence-corrected chi connectivity index (χ1v) is 5.38. The van der Waals surface area contributed by atoms with Crippen LogP contribution in [0.25, 0.3) is 0 Å². The van der Waals surface area contributed by atoms with E-state index in [1.807, 2.05) is 0 Å². The third kappa shape index (κ3) is 1.55. The lowest BCUT2D eigenvalue weighted by Gasteiger charge is -2.26. The van der Waals surface area contributed by atoms with Gasteiger partial charge in [-0.05, 0) is 12.1 Å². The molecule has 1 heterocycles. The van der Waals surface area contributed by atoms with Crippen LogP contribution in [0.2, 0.25) is 0 Å². The Labute approximate surface area is 109 Å². The Balaban J connectivity index is 2.74. The number of aliphatic carboxylic acids is 1. The van der Waals surface area contributed by atoms with Crippen LogP contribution < -0.4 is 9.47 Å². The predicted molar refractivity (Wildman–Crippen MR) is 63.2 cm³/mol. The van der Waals surface area contributed by atoms with E-state index >= 15 is 0 Å². The first kappa shape index (κ1) is 13.2. The summed E-state index contributed by atoms with van der Waals surface area (Å²) in [5.41, 5.74) is -2.36. The van der Waals surface area contributed by atoms with Crippen molar-refractivity contribution < 1.29 is 29.3 Å². The lowest BCUT2D eigenvalue weighted by atomic mass is 10.0. The molecule has 1 aliphatic rings. The number of carbonyl (C=O) groups excluding carboxylic acids is 1. The SMILES string of the molecule is COc1cc2c(cc1OC)C(O)(C(=O)O)N(C)C2=O. The molecular formula is C12H13NO6. The summed E-state index contributed by atoms with van der Waals surface area (Å²) in [5, 5.41) is 19.4. The highest BCUT2D eigenvalue weighted by Crippen LogP contribution is 2.42. The summed E-state index contributed by atoms with van der Waals surface area (Å²) >= 11 is 0. The van der Waals surface area contributed by atoms with Gasteiger partial charge in [0.2, 0.25) is 0 Å². The van der Waals surface area contributed by atoms with Gasteiger partial charge < -0.3 is 24.6 Å². The van der Waals surface area contributed by atoms with Crippen molar-refractivity contribution in [2.75, 3.05) is 21.3 Å². The first-order valence-electron chi connectivity index (χ1n) is 5.38. The largest absolute Gasteiger partial charge is 0.493 e. The Morgan fingerprint density at radius 1 is 1.26 bits per heavy atom. The molecule has 2 N–H and O–H groups in total. The average molecular weight is 267 g/mol. The number of benzene rings is 1. The Kier molecular flexibility index (Phi) is 2.86. The van der Waals surface area contributed by atoms with E-state index in [1.165, 1.54) is 33.4 Å². The molecule has 0 fully saturated rings. The zero-order valence-corrected chi connectivity index (χ0v) is 10.6. The topological polar surface area (TPSA) is 96.3 Å². The van der Waals surface area contributed by atoms with Gasteiger partial charge in [0, 0.05) is 12.6 Å². The molecule has 1 amide bonds. The minimum Gasteiger partial charge on any atom is -0.493 e. The standard InChI is InChI=1S/C12H13NO6/c1-13-10(14)6-4-8(18-2)9(19-3)5-7(6)12(13,17)11(15)16/h4-5,17H,1-3H3,(H,15,16). The van der Waals surface area contributed by atoms with Gasteiger partial charge in [0.15, 0.2) is 11.5 Å². The van der Waals surface area contributed by atoms with E-state index < -0.39 is 17.6 Å². The van der Waals surface area contributed by atoms with Crippen LogP contribution in [0, 0.1) is 0 Å². The van der Waals surface area contributed by atoms with Gasteiger partial charge in [-0.3, -0.25) is 4.79 Å². The summed E-state index contributed by atoms with van der Waals surface area (Å²) in [4.78, 5) is 24.0. The van der Waals surface area contributed by atoms with Crippen LogP contribution in [-0.2, 0) is 10.5 Å². The molecule has 7 nitrogen and oxygen atoms in total. The highest BCUT2D eigenvalue weighted by atomic mass is 16.5. The van der Waals surface area contributed by atoms with Crippen molar-refractivity contribution >= 4 is 11.9 Å². The summed E-state index contributed by atoms with van der Waals surface area (Å²) in [6, 6.07) is 2.65. The number of nitrogens with zero attached hydrogens (tertiary/aromatic N) is 1. The number of likely N-dealkylation sites (N-methyl/N-ethyl adjacent to an activating group) is 1. The second kappa shape index (κ2) is 4.13. The predicted octanol–water partition coefficient (Wildman–Crippen LogP) is 0.0191. The van der Waals surface area contributed by atoms with Crippen molar-refractivity contribution in [3.05, 3.63) is 23.3 Å². The minimum absolute atomic E-state index is 0.0369. The summed E-state index contributed by atoms with van der Waals surface area (Å²) in [5.74, 6) is -1.60. The van der Waals surface area contributed by atoms with Crippen LogP contribution in [0.15, 0.2) is 12.1 Å². The van der Waals surface area contributed by atoms with Crippen LogP contribution in [-0.4, -0.2) is 48.3 Å². The average Bonchev–Trinajstić information content (AvgIpc) is 2.60. The number of rotatable bonds is 3. The molecule has 1 unspecified atom stereocenters. The fraction of sp³-hybridized carbons (Fsp3) is 0.333. The maximum Gasteiger partial charge on any atom is 0.362 e. The molecule has 0 aliphatic carbocycles. The fourth-order valence-corrected chi connectivity index (χ4v) is 2.11. The molecule has 0 saturated heterocycles. The highest BCUT2D eigenvalue weighted by molar-refractivity contribution is 6.05. The minimum atomic E-state index is -2.40. The molecule has 0 spiro atoms. The third-order valence-corrected chi connectivity index (χ3v) is 3.22. The third-order valence-electron chi connectivity index (χ3n) is 3.22. The Morgan fingerprint density at radius 2 is 1.79 bits per heavy atom. The lowest BCUT2D eigenvalue weighted by molar-refractivity contribution is -0.175. The quantitative estimate of drug-likeness (QED) is 0.801. The summed E-state index contributed by atoms with van der Waals surface area (Å²) in [6.45, 7) is 0. The molecule has 2 rings (SSSR count). The molecular weight excluding hydrogens is 254 g/mol. The van der Waals surface area contributed by atoms with Crippen molar-refractivity contribution in [3.8, 4) is 11.5 Å². The van der Waals surface area contributed by atoms with Crippen LogP contribution in [0.4, 0.5) is 0 Å². The lowest BCUT2D eigenvalue weighted by Crippen LogP contribution is -2.47. The first-order chi connectivity index (χ1) is 8.87. The summed E-state index contributed by atoms with van der Waals surface area (Å²) in [7, 11) is 4.00. The van der Waals surface area contributed by atoms with Crippen LogP contribution in [0.3, 0.4) is 0 Å². The zero-order chi connectivity index (χ0) is 14.4. The maximum absolute atomic E-state index is 12.0. The number of carbonyl (C=O) groups is 2. The number of carboxylic acids is 1. The number of amides is 1. The van der Waals surface area contributed by atoms with Crippen LogP contribution in [0.1, 0.15) is 15.9 Å². The smallest absolute Gasteiger partial charge is 0.362 e. The molecule has 0 radical (unpaired) electrons. The monoisotopic (exact) mass is 267 g/mol. The van der Waals surface area contributed by atoms with Crippen LogP contribution in [0.5, 0.6) is 11.5 Å². The van der Waals surface area contributed by atoms with Gasteiger partial charge in [-0.2, -0.15) is 0 Å². The molecule has 0 bridgehead atoms. The number of carboxylic acid groups (broad SMARTS) is 1. The van der Waals surface area contributed by atoms with Crippen LogP contribution >= 0.6 is 0 Å². The Bertz CT molecular complexity index is 570. The molecule has 1 aromatic rings. The molecule has 1 atom stereocenters. The summed E-state index contributed by atoms with van der Waals surface area (Å²) in [6.07, 6.45) is 0. The van der Waals surface area contributed by atoms with E-state index in [9.17, 15) is 19.8 Å². The van der Waals surface area contributed by atoms with Gasteiger partial charge in [0.1, 0.15) is 0 Å². The van der Waals surface area contributed by atoms with E-state index in [0.29, 0.717) is 0 Å². The van der Waals surface area contributed by atoms with Gasteiger partial charge in [-0.15, -0.1) is 0 Å². The highest BCUT2D eigenvalue weighted by Gasteiger charge is 2.53. The van der Waals surface area contributed by atoms with E-state index in [1.54, 1.807) is 0 Å². The van der Waals surface area contributed by atoms with Gasteiger partial charge in [-0.1, -0.05) is 0 Å². The number of fused-ring (bicyclic) bond motifs is 1. The van der Waals surface area contributed by atoms with Gasteiger partial charge in [0.25, 0.3) is 11.6 Å². The summed E-state index contributed by atoms with van der Waals surface area (Å²) < 4.78 is 10.1. The van der Waals surface area contributed by atoms with Gasteiger partial charge in [0.05, 0.1) is 19.8 Å². The second-order valence-electron chi connectivity index (χ2n) is 4.09. The number of methoxy groups -OCH3 is 2. The Hall–Kier alpha value is -2.28. The van der Waals surface area contributed by atoms with Crippen molar-refractivity contribution in [3.63, 3.8) is 0 Å². The molecule has 0 aromatic heterocycles. The Morgan fingerprint density at radius 3 is 2.26 bits per heavy atom. The van der Waals surface area contributed by atoms with E-state index in [-0.39, 0.29) is 22.6 Å². The molecule has 1 aliphatic heterocycles. The molecule has 102 valence electrons. The van der Waals surface area contributed by atoms with Gasteiger partial charge in [-0.25, -0.2) is 4.79 Å². The maximum atomic E-state index is 12.0. The van der Waals surface area contributed by atoms with E-state index in [2.05, 4.69) is 0 Å². The molecule has 7 heteroatoms. The fourth-order valence-electron chi connectivity index (χ4n) is 2.11. The van der Waals surface area contributed by atoms with Crippen molar-refractivity contribution in [1.29, 1.82) is 0 Å². The second-order valence-corrected chi connectivity index (χ2v) is 4.09.